The number of hydrogen-bond donors (Lipinski definition) is 2. The maximum absolute atomic E-state index is 12.4. The molecule has 1 amide bonds. The fraction of sp³-hybridized carbons (Fsp3) is 0.167. The predicted octanol–water partition coefficient (Wildman–Crippen LogP) is 4.16. The molecule has 2 rings (SSSR count). The lowest BCUT2D eigenvalue weighted by molar-refractivity contribution is -0.167. The van der Waals surface area contributed by atoms with E-state index in [0.717, 1.165) is 0 Å². The van der Waals surface area contributed by atoms with Crippen molar-refractivity contribution in [3.63, 3.8) is 0 Å². The molecule has 25 heavy (non-hydrogen) atoms. The number of nitrogens with one attached hydrogen (secondary N) is 1. The molecule has 2 aromatic carbocycles. The highest BCUT2D eigenvalue weighted by Gasteiger charge is 2.38. The second-order valence-corrected chi connectivity index (χ2v) is 5.15. The van der Waals surface area contributed by atoms with Gasteiger partial charge in [0.25, 0.3) is 0 Å². The van der Waals surface area contributed by atoms with Gasteiger partial charge in [-0.1, -0.05) is 36.4 Å². The van der Waals surface area contributed by atoms with Crippen molar-refractivity contribution in [2.75, 3.05) is 12.4 Å². The minimum Gasteiger partial charge on any atom is -0.504 e. The van der Waals surface area contributed by atoms with Crippen molar-refractivity contribution in [3.8, 4) is 11.5 Å². The summed E-state index contributed by atoms with van der Waals surface area (Å²) in [7, 11) is 1.44. The summed E-state index contributed by atoms with van der Waals surface area (Å²) in [5.74, 6) is -1.68. The fourth-order valence-electron chi connectivity index (χ4n) is 2.15. The molecule has 132 valence electrons. The van der Waals surface area contributed by atoms with Crippen LogP contribution in [0.5, 0.6) is 11.5 Å². The van der Waals surface area contributed by atoms with E-state index in [0.29, 0.717) is 23.3 Å². The number of para-hydroxylation sites is 1. The largest absolute Gasteiger partial charge is 0.504 e. The Morgan fingerprint density at radius 1 is 1.24 bits per heavy atom. The Morgan fingerprint density at radius 2 is 1.96 bits per heavy atom. The van der Waals surface area contributed by atoms with E-state index in [4.69, 9.17) is 4.74 Å². The third kappa shape index (κ3) is 5.00. The number of allylic oxidation sites excluding steroid dienone is 1. The average molecular weight is 351 g/mol. The molecule has 2 N–H and O–H groups in total. The van der Waals surface area contributed by atoms with Crippen molar-refractivity contribution in [1.29, 1.82) is 0 Å². The molecule has 0 atom stereocenters. The van der Waals surface area contributed by atoms with Gasteiger partial charge in [-0.25, -0.2) is 0 Å². The minimum atomic E-state index is -4.94. The number of alkyl halides is 3. The van der Waals surface area contributed by atoms with Crippen molar-refractivity contribution in [3.05, 3.63) is 59.7 Å². The van der Waals surface area contributed by atoms with E-state index < -0.39 is 12.1 Å². The first-order valence-corrected chi connectivity index (χ1v) is 7.31. The number of methoxy groups -OCH3 is 1. The number of ether oxygens (including phenoxy) is 1. The Balaban J connectivity index is 2.10. The van der Waals surface area contributed by atoms with Crippen LogP contribution in [-0.4, -0.2) is 24.3 Å². The Morgan fingerprint density at radius 3 is 2.60 bits per heavy atom. The second kappa shape index (κ2) is 7.74. The molecule has 0 aromatic heterocycles. The van der Waals surface area contributed by atoms with E-state index in [1.54, 1.807) is 42.5 Å². The molecule has 2 aromatic rings. The predicted molar refractivity (Wildman–Crippen MR) is 88.5 cm³/mol. The van der Waals surface area contributed by atoms with Crippen LogP contribution in [0.3, 0.4) is 0 Å². The van der Waals surface area contributed by atoms with E-state index in [1.807, 2.05) is 5.32 Å². The molecule has 4 nitrogen and oxygen atoms in total. The number of halogens is 3. The number of phenolic OH excluding ortho intramolecular Hbond substituents is 1. The van der Waals surface area contributed by atoms with E-state index in [9.17, 15) is 23.1 Å². The molecule has 0 saturated carbocycles. The summed E-state index contributed by atoms with van der Waals surface area (Å²) in [6.07, 6.45) is -1.20. The van der Waals surface area contributed by atoms with Crippen molar-refractivity contribution in [2.45, 2.75) is 12.6 Å². The van der Waals surface area contributed by atoms with Gasteiger partial charge in [-0.15, -0.1) is 0 Å². The van der Waals surface area contributed by atoms with Crippen LogP contribution < -0.4 is 10.1 Å². The SMILES string of the molecule is COc1ccc(/C=C/Cc2ccccc2NC(=O)C(F)(F)F)cc1O. The number of aromatic hydroxyl groups is 1. The quantitative estimate of drug-likeness (QED) is 0.850. The van der Waals surface area contributed by atoms with Crippen LogP contribution >= 0.6 is 0 Å². The number of rotatable bonds is 5. The van der Waals surface area contributed by atoms with Gasteiger partial charge in [0, 0.05) is 5.69 Å². The number of amides is 1. The van der Waals surface area contributed by atoms with Gasteiger partial charge < -0.3 is 15.2 Å². The molecule has 0 heterocycles. The normalized spacial score (nSPS) is 11.5. The third-order valence-electron chi connectivity index (χ3n) is 3.37. The van der Waals surface area contributed by atoms with E-state index in [-0.39, 0.29) is 11.4 Å². The number of carbonyl (C=O) groups excluding carboxylic acids is 1. The van der Waals surface area contributed by atoms with E-state index in [1.165, 1.54) is 19.2 Å². The van der Waals surface area contributed by atoms with Gasteiger partial charge in [-0.05, 0) is 35.7 Å². The first-order valence-electron chi connectivity index (χ1n) is 7.31. The Labute approximate surface area is 142 Å². The number of hydrogen-bond acceptors (Lipinski definition) is 3. The zero-order valence-corrected chi connectivity index (χ0v) is 13.3. The van der Waals surface area contributed by atoms with Gasteiger partial charge in [-0.3, -0.25) is 4.79 Å². The van der Waals surface area contributed by atoms with Crippen LogP contribution in [0.4, 0.5) is 18.9 Å². The van der Waals surface area contributed by atoms with Gasteiger partial charge in [0.05, 0.1) is 7.11 Å². The Hall–Kier alpha value is -2.96. The molecule has 0 aliphatic carbocycles. The number of phenols is 1. The summed E-state index contributed by atoms with van der Waals surface area (Å²) in [4.78, 5) is 11.1. The molecule has 0 aliphatic rings. The lowest BCUT2D eigenvalue weighted by Crippen LogP contribution is -2.30. The summed E-state index contributed by atoms with van der Waals surface area (Å²) < 4.78 is 42.1. The molecule has 0 unspecified atom stereocenters. The third-order valence-corrected chi connectivity index (χ3v) is 3.37. The Bertz CT molecular complexity index is 785. The maximum atomic E-state index is 12.4. The zero-order valence-electron chi connectivity index (χ0n) is 13.3. The van der Waals surface area contributed by atoms with Gasteiger partial charge >= 0.3 is 12.1 Å². The molecular formula is C18H16F3NO3. The van der Waals surface area contributed by atoms with Crippen LogP contribution in [0.2, 0.25) is 0 Å². The smallest absolute Gasteiger partial charge is 0.471 e. The molecule has 0 radical (unpaired) electrons. The van der Waals surface area contributed by atoms with Crippen LogP contribution in [0.1, 0.15) is 11.1 Å². The molecule has 7 heteroatoms. The first-order chi connectivity index (χ1) is 11.8. The summed E-state index contributed by atoms with van der Waals surface area (Å²) in [6.45, 7) is 0. The lowest BCUT2D eigenvalue weighted by atomic mass is 10.1. The van der Waals surface area contributed by atoms with Crippen molar-refractivity contribution in [1.82, 2.24) is 0 Å². The first kappa shape index (κ1) is 18.4. The average Bonchev–Trinajstić information content (AvgIpc) is 2.55. The highest BCUT2D eigenvalue weighted by atomic mass is 19.4. The summed E-state index contributed by atoms with van der Waals surface area (Å²) in [5.41, 5.74) is 1.34. The Kier molecular flexibility index (Phi) is 5.69. The minimum absolute atomic E-state index is 0.0116. The van der Waals surface area contributed by atoms with Crippen LogP contribution in [0, 0.1) is 0 Å². The van der Waals surface area contributed by atoms with Crippen LogP contribution in [0.15, 0.2) is 48.5 Å². The second-order valence-electron chi connectivity index (χ2n) is 5.15. The standard InChI is InChI=1S/C18H16F3NO3/c1-25-16-10-9-12(11-15(16)23)5-4-7-13-6-2-3-8-14(13)22-17(24)18(19,20)21/h2-6,8-11,23H,7H2,1H3,(H,22,24)/b5-4+. The molecule has 0 bridgehead atoms. The molecule has 0 spiro atoms. The van der Waals surface area contributed by atoms with Crippen molar-refractivity contribution >= 4 is 17.7 Å². The van der Waals surface area contributed by atoms with Crippen molar-refractivity contribution in [2.24, 2.45) is 0 Å². The topological polar surface area (TPSA) is 58.6 Å². The van der Waals surface area contributed by atoms with Gasteiger partial charge in [0.15, 0.2) is 11.5 Å². The van der Waals surface area contributed by atoms with Crippen molar-refractivity contribution < 1.29 is 27.8 Å². The van der Waals surface area contributed by atoms with Gasteiger partial charge in [0.1, 0.15) is 0 Å². The van der Waals surface area contributed by atoms with E-state index in [2.05, 4.69) is 0 Å². The van der Waals surface area contributed by atoms with E-state index >= 15 is 0 Å². The summed E-state index contributed by atoms with van der Waals surface area (Å²) in [6, 6.07) is 11.1. The summed E-state index contributed by atoms with van der Waals surface area (Å²) >= 11 is 0. The fourth-order valence-corrected chi connectivity index (χ4v) is 2.15. The van der Waals surface area contributed by atoms with Gasteiger partial charge in [-0.2, -0.15) is 13.2 Å². The highest BCUT2D eigenvalue weighted by molar-refractivity contribution is 5.95. The molecule has 0 fully saturated rings. The summed E-state index contributed by atoms with van der Waals surface area (Å²) in [5, 5.41) is 11.6. The van der Waals surface area contributed by atoms with Gasteiger partial charge in [0.2, 0.25) is 0 Å². The molecular weight excluding hydrogens is 335 g/mol. The molecule has 0 saturated heterocycles. The zero-order chi connectivity index (χ0) is 18.4. The monoisotopic (exact) mass is 351 g/mol. The number of benzene rings is 2. The number of anilines is 1. The lowest BCUT2D eigenvalue weighted by Gasteiger charge is -2.11. The van der Waals surface area contributed by atoms with Crippen LogP contribution in [-0.2, 0) is 11.2 Å². The maximum Gasteiger partial charge on any atom is 0.471 e. The highest BCUT2D eigenvalue weighted by Crippen LogP contribution is 2.27. The van der Waals surface area contributed by atoms with Crippen LogP contribution in [0.25, 0.3) is 6.08 Å². The molecule has 0 aliphatic heterocycles. The number of carbonyl (C=O) groups is 1.